The summed E-state index contributed by atoms with van der Waals surface area (Å²) in [5, 5.41) is 57.1. The number of nitrogens with two attached hydrogens (primary N) is 1. The first kappa shape index (κ1) is 37.6. The lowest BCUT2D eigenvalue weighted by Crippen LogP contribution is -2.71. The van der Waals surface area contributed by atoms with Gasteiger partial charge in [0.2, 0.25) is 0 Å². The zero-order chi connectivity index (χ0) is 38.4. The van der Waals surface area contributed by atoms with Crippen molar-refractivity contribution in [1.29, 1.82) is 0 Å². The third-order valence-electron chi connectivity index (χ3n) is 10.1. The molecule has 2 atom stereocenters. The smallest absolute Gasteiger partial charge is 0.359 e. The normalized spacial score (nSPS) is 25.1. The average molecular weight is 795 g/mol. The highest BCUT2D eigenvalue weighted by atomic mass is 35.5. The van der Waals surface area contributed by atoms with E-state index in [2.05, 4.69) is 25.6 Å². The van der Waals surface area contributed by atoms with Gasteiger partial charge in [-0.1, -0.05) is 16.8 Å². The number of oxime groups is 1. The number of piperidine rings is 3. The summed E-state index contributed by atoms with van der Waals surface area (Å²) in [6, 6.07) is 1.31. The molecule has 1 aromatic carbocycles. The van der Waals surface area contributed by atoms with E-state index in [-0.39, 0.29) is 38.3 Å². The number of aromatic hydroxyl groups is 2. The number of thioether (sulfide) groups is 1. The average Bonchev–Trinajstić information content (AvgIpc) is 3.55. The van der Waals surface area contributed by atoms with Gasteiger partial charge in [-0.15, -0.1) is 23.1 Å². The van der Waals surface area contributed by atoms with Crippen LogP contribution in [0.5, 0.6) is 11.5 Å². The van der Waals surface area contributed by atoms with Gasteiger partial charge in [0, 0.05) is 47.9 Å². The zero-order valence-corrected chi connectivity index (χ0v) is 29.9. The minimum absolute atomic E-state index is 0.00940. The van der Waals surface area contributed by atoms with Gasteiger partial charge >= 0.3 is 24.0 Å². The Morgan fingerprint density at radius 3 is 2.36 bits per heavy atom. The van der Waals surface area contributed by atoms with E-state index in [9.17, 15) is 44.1 Å². The van der Waals surface area contributed by atoms with Crippen molar-refractivity contribution in [1.82, 2.24) is 20.5 Å². The van der Waals surface area contributed by atoms with Crippen LogP contribution in [-0.2, 0) is 28.8 Å². The van der Waals surface area contributed by atoms with Crippen LogP contribution < -0.4 is 16.4 Å². The predicted molar refractivity (Wildman–Crippen MR) is 186 cm³/mol. The number of carbonyl (C=O) groups excluding carboxylic acids is 3. The minimum Gasteiger partial charge on any atom is -0.504 e. The van der Waals surface area contributed by atoms with Gasteiger partial charge in [-0.25, -0.2) is 19.4 Å². The molecule has 53 heavy (non-hydrogen) atoms. The first-order valence-corrected chi connectivity index (χ1v) is 18.3. The first-order valence-electron chi connectivity index (χ1n) is 16.0. The second-order valence-corrected chi connectivity index (χ2v) is 15.6. The molecule has 0 spiro atoms. The Labute approximate surface area is 312 Å². The highest BCUT2D eigenvalue weighted by Gasteiger charge is 2.56. The summed E-state index contributed by atoms with van der Waals surface area (Å²) in [6.45, 7) is 2.89. The summed E-state index contributed by atoms with van der Waals surface area (Å²) >= 11 is 8.23. The van der Waals surface area contributed by atoms with Gasteiger partial charge in [0.25, 0.3) is 17.7 Å². The molecule has 0 radical (unpaired) electrons. The quantitative estimate of drug-likeness (QED) is 0.0336. The molecule has 3 amide bonds. The number of benzene rings is 1. The molecular formula is C31H33ClN7O12S2+. The number of aromatic nitrogens is 1. The number of nitrogens with zero attached hydrogens (tertiary/aromatic N) is 4. The molecule has 22 heteroatoms. The number of aliphatic carboxylic acids is 3. The van der Waals surface area contributed by atoms with Gasteiger partial charge in [-0.05, 0) is 12.1 Å². The van der Waals surface area contributed by atoms with Crippen LogP contribution in [0.15, 0.2) is 33.9 Å². The van der Waals surface area contributed by atoms with E-state index in [1.165, 1.54) is 29.3 Å². The molecule has 6 heterocycles. The second-order valence-electron chi connectivity index (χ2n) is 13.2. The fourth-order valence-corrected chi connectivity index (χ4v) is 9.18. The number of rotatable bonds is 13. The third-order valence-corrected chi connectivity index (χ3v) is 12.4. The van der Waals surface area contributed by atoms with Gasteiger partial charge in [-0.2, -0.15) is 0 Å². The fourth-order valence-electron chi connectivity index (χ4n) is 7.05. The van der Waals surface area contributed by atoms with E-state index in [4.69, 9.17) is 27.5 Å². The molecule has 4 fully saturated rings. The first-order chi connectivity index (χ1) is 25.0. The van der Waals surface area contributed by atoms with E-state index in [0.717, 1.165) is 35.5 Å². The molecule has 19 nitrogen and oxygen atoms in total. The summed E-state index contributed by atoms with van der Waals surface area (Å²) in [6.07, 6.45) is -0.188. The number of hydrogen-bond donors (Lipinski definition) is 8. The van der Waals surface area contributed by atoms with E-state index < -0.39 is 70.4 Å². The summed E-state index contributed by atoms with van der Waals surface area (Å²) in [4.78, 5) is 84.5. The number of thiazole rings is 1. The Morgan fingerprint density at radius 1 is 1.11 bits per heavy atom. The number of β-lactam (4-membered cyclic amide) rings is 1. The van der Waals surface area contributed by atoms with Crippen molar-refractivity contribution in [3.05, 3.63) is 45.1 Å². The van der Waals surface area contributed by atoms with Gasteiger partial charge in [-0.3, -0.25) is 19.3 Å². The molecule has 9 N–H and O–H groups in total. The molecule has 5 aliphatic rings. The summed E-state index contributed by atoms with van der Waals surface area (Å²) in [5.74, 6) is -8.05. The van der Waals surface area contributed by atoms with Crippen LogP contribution in [0.2, 0.25) is 5.02 Å². The van der Waals surface area contributed by atoms with Crippen molar-refractivity contribution in [2.45, 2.75) is 36.8 Å². The summed E-state index contributed by atoms with van der Waals surface area (Å²) in [7, 11) is 0. The van der Waals surface area contributed by atoms with Crippen LogP contribution in [0.25, 0.3) is 0 Å². The number of carbonyl (C=O) groups is 6. The minimum atomic E-state index is -2.44. The molecule has 282 valence electrons. The highest BCUT2D eigenvalue weighted by Crippen LogP contribution is 2.46. The fraction of sp³-hybridized carbons (Fsp3) is 0.419. The topological polar surface area (TPSA) is 291 Å². The number of quaternary nitrogens is 1. The maximum absolute atomic E-state index is 13.4. The SMILES string of the molecule is Nc1nc(/C(=N/OC(C(=O)O)C(=O)O)C(=O)N[C@@H]2C(=O)N3C(C(=O)O)=C(C[N+]45CCC(CNC(=O)c6ccc(O)c(O)c6Cl)(CC4)CC5)CS[C@H]23)cs1. The number of amides is 3. The van der Waals surface area contributed by atoms with Crippen LogP contribution in [-0.4, -0.2) is 137 Å². The van der Waals surface area contributed by atoms with Gasteiger partial charge in [0.15, 0.2) is 22.3 Å². The lowest BCUT2D eigenvalue weighted by Gasteiger charge is -2.56. The third kappa shape index (κ3) is 7.15. The number of carboxylic acid groups (broad SMARTS) is 3. The molecule has 2 bridgehead atoms. The molecule has 0 unspecified atom stereocenters. The molecule has 0 saturated carbocycles. The number of nitrogen functional groups attached to an aromatic ring is 1. The van der Waals surface area contributed by atoms with Gasteiger partial charge in [0.05, 0.1) is 30.2 Å². The van der Waals surface area contributed by atoms with Gasteiger partial charge < -0.3 is 51.2 Å². The number of halogens is 1. The number of nitrogens with one attached hydrogen (secondary N) is 2. The number of hydrogen-bond acceptors (Lipinski definition) is 14. The van der Waals surface area contributed by atoms with Crippen LogP contribution >= 0.6 is 34.7 Å². The number of fused-ring (bicyclic) bond motifs is 4. The number of phenolic OH excluding ortho intramolecular Hbond substituents is 2. The monoisotopic (exact) mass is 794 g/mol. The van der Waals surface area contributed by atoms with Crippen molar-refractivity contribution in [2.24, 2.45) is 10.6 Å². The van der Waals surface area contributed by atoms with E-state index >= 15 is 0 Å². The second kappa shape index (κ2) is 14.4. The van der Waals surface area contributed by atoms with Crippen molar-refractivity contribution in [3.8, 4) is 11.5 Å². The Bertz CT molecular complexity index is 1950. The number of anilines is 1. The highest BCUT2D eigenvalue weighted by molar-refractivity contribution is 8.00. The molecule has 0 aliphatic carbocycles. The Balaban J connectivity index is 1.11. The standard InChI is InChI=1S/C31H32ClN7O12S2/c32-17-14(1-2-16(40)21(17)41)23(42)34-12-31-3-6-39(7-4-31,8-5-31)9-13-10-52-26-19(25(44)38(26)20(13)27(45)46)36-24(43)18(15-11-53-30(33)35-15)37-51-22(28(47)48)29(49)50/h1-2,11,19,22,26H,3-10,12H2,(H8-,33,34,35,36,37,40,41,42,43,45,46,47,48,49,50)/p+1/t19-,26-,31?,39?/m1/s1. The molecule has 5 aliphatic heterocycles. The lowest BCUT2D eigenvalue weighted by molar-refractivity contribution is -0.941. The van der Waals surface area contributed by atoms with Crippen LogP contribution in [0.4, 0.5) is 5.13 Å². The lowest BCUT2D eigenvalue weighted by atomic mass is 9.70. The zero-order valence-electron chi connectivity index (χ0n) is 27.5. The number of carboxylic acids is 3. The molecule has 1 aromatic heterocycles. The van der Waals surface area contributed by atoms with E-state index in [0.29, 0.717) is 42.8 Å². The van der Waals surface area contributed by atoms with Crippen molar-refractivity contribution in [2.75, 3.05) is 44.2 Å². The molecular weight excluding hydrogens is 762 g/mol. The Morgan fingerprint density at radius 2 is 1.77 bits per heavy atom. The predicted octanol–water partition coefficient (Wildman–Crippen LogP) is 0.218. The van der Waals surface area contributed by atoms with Crippen molar-refractivity contribution >= 4 is 81.2 Å². The van der Waals surface area contributed by atoms with E-state index in [1.807, 2.05) is 0 Å². The maximum Gasteiger partial charge on any atom is 0.359 e. The molecule has 4 saturated heterocycles. The number of phenols is 2. The summed E-state index contributed by atoms with van der Waals surface area (Å²) in [5.41, 5.74) is 5.12. The molecule has 2 aromatic rings. The van der Waals surface area contributed by atoms with Crippen LogP contribution in [0, 0.1) is 5.41 Å². The summed E-state index contributed by atoms with van der Waals surface area (Å²) < 4.78 is 0.608. The van der Waals surface area contributed by atoms with Gasteiger partial charge in [0.1, 0.15) is 29.4 Å². The van der Waals surface area contributed by atoms with Crippen LogP contribution in [0.1, 0.15) is 35.3 Å². The Hall–Kier alpha value is -5.12. The largest absolute Gasteiger partial charge is 0.504 e. The van der Waals surface area contributed by atoms with Crippen LogP contribution in [0.3, 0.4) is 0 Å². The van der Waals surface area contributed by atoms with E-state index in [1.54, 1.807) is 0 Å². The molecule has 7 rings (SSSR count). The van der Waals surface area contributed by atoms with Crippen molar-refractivity contribution in [3.63, 3.8) is 0 Å². The van der Waals surface area contributed by atoms with Crippen molar-refractivity contribution < 1.29 is 63.6 Å². The Kier molecular flexibility index (Phi) is 10.2. The maximum atomic E-state index is 13.4.